The summed E-state index contributed by atoms with van der Waals surface area (Å²) >= 11 is 5.78. The zero-order valence-electron chi connectivity index (χ0n) is 9.92. The molecule has 0 atom stereocenters. The Balaban J connectivity index is 2.28. The third kappa shape index (κ3) is 3.11. The molecule has 19 heavy (non-hydrogen) atoms. The lowest BCUT2D eigenvalue weighted by molar-refractivity contribution is 0.0697. The minimum absolute atomic E-state index is 0.00885. The van der Waals surface area contributed by atoms with E-state index in [0.717, 1.165) is 0 Å². The SMILES string of the molecule is COc1ccnc(Nc2ccc(Cl)c(C(=O)O)c2)n1. The van der Waals surface area contributed by atoms with Gasteiger partial charge < -0.3 is 15.2 Å². The lowest BCUT2D eigenvalue weighted by Gasteiger charge is -2.07. The lowest BCUT2D eigenvalue weighted by atomic mass is 10.2. The van der Waals surface area contributed by atoms with Gasteiger partial charge in [-0.1, -0.05) is 11.6 Å². The van der Waals surface area contributed by atoms with Crippen LogP contribution in [0.25, 0.3) is 0 Å². The molecule has 1 aromatic heterocycles. The summed E-state index contributed by atoms with van der Waals surface area (Å²) in [7, 11) is 1.50. The average molecular weight is 280 g/mol. The van der Waals surface area contributed by atoms with Gasteiger partial charge in [-0.05, 0) is 18.2 Å². The number of hydrogen-bond acceptors (Lipinski definition) is 5. The predicted octanol–water partition coefficient (Wildman–Crippen LogP) is 2.58. The maximum absolute atomic E-state index is 11.0. The molecule has 7 heteroatoms. The van der Waals surface area contributed by atoms with Crippen LogP contribution < -0.4 is 10.1 Å². The lowest BCUT2D eigenvalue weighted by Crippen LogP contribution is -2.01. The Bertz CT molecular complexity index is 619. The summed E-state index contributed by atoms with van der Waals surface area (Å²) in [5, 5.41) is 12.0. The molecule has 0 saturated heterocycles. The number of nitrogens with zero attached hydrogens (tertiary/aromatic N) is 2. The van der Waals surface area contributed by atoms with Crippen LogP contribution in [0.2, 0.25) is 5.02 Å². The molecule has 1 aromatic carbocycles. The first-order valence-electron chi connectivity index (χ1n) is 5.27. The van der Waals surface area contributed by atoms with E-state index >= 15 is 0 Å². The maximum Gasteiger partial charge on any atom is 0.337 e. The number of benzene rings is 1. The van der Waals surface area contributed by atoms with Crippen molar-refractivity contribution in [1.29, 1.82) is 0 Å². The Morgan fingerprint density at radius 2 is 2.21 bits per heavy atom. The molecule has 0 saturated carbocycles. The monoisotopic (exact) mass is 279 g/mol. The van der Waals surface area contributed by atoms with Crippen LogP contribution in [0, 0.1) is 0 Å². The van der Waals surface area contributed by atoms with E-state index in [1.807, 2.05) is 0 Å². The van der Waals surface area contributed by atoms with E-state index in [9.17, 15) is 4.79 Å². The molecule has 2 rings (SSSR count). The molecule has 0 radical (unpaired) electrons. The minimum Gasteiger partial charge on any atom is -0.481 e. The normalized spacial score (nSPS) is 10.0. The Kier molecular flexibility index (Phi) is 3.82. The van der Waals surface area contributed by atoms with Gasteiger partial charge in [0.25, 0.3) is 0 Å². The number of aromatic carboxylic acids is 1. The number of rotatable bonds is 4. The van der Waals surface area contributed by atoms with E-state index in [1.54, 1.807) is 12.1 Å². The van der Waals surface area contributed by atoms with Crippen LogP contribution in [0.15, 0.2) is 30.5 Å². The van der Waals surface area contributed by atoms with Gasteiger partial charge in [-0.15, -0.1) is 0 Å². The van der Waals surface area contributed by atoms with Crippen molar-refractivity contribution in [3.05, 3.63) is 41.0 Å². The number of carboxylic acids is 1. The quantitative estimate of drug-likeness (QED) is 0.895. The van der Waals surface area contributed by atoms with Gasteiger partial charge in [0, 0.05) is 18.0 Å². The van der Waals surface area contributed by atoms with Gasteiger partial charge in [-0.25, -0.2) is 9.78 Å². The van der Waals surface area contributed by atoms with Crippen molar-refractivity contribution in [1.82, 2.24) is 9.97 Å². The summed E-state index contributed by atoms with van der Waals surface area (Å²) in [5.41, 5.74) is 0.532. The summed E-state index contributed by atoms with van der Waals surface area (Å²) in [6.45, 7) is 0. The Labute approximate surface area is 114 Å². The Hall–Kier alpha value is -2.34. The fraction of sp³-hybridized carbons (Fsp3) is 0.0833. The molecule has 0 spiro atoms. The fourth-order valence-electron chi connectivity index (χ4n) is 1.41. The topological polar surface area (TPSA) is 84.3 Å². The second kappa shape index (κ2) is 5.53. The van der Waals surface area contributed by atoms with Crippen molar-refractivity contribution >= 4 is 29.2 Å². The zero-order valence-corrected chi connectivity index (χ0v) is 10.7. The van der Waals surface area contributed by atoms with Crippen molar-refractivity contribution in [3.63, 3.8) is 0 Å². The second-order valence-electron chi connectivity index (χ2n) is 3.55. The minimum atomic E-state index is -1.10. The van der Waals surface area contributed by atoms with Crippen molar-refractivity contribution in [2.24, 2.45) is 0 Å². The highest BCUT2D eigenvalue weighted by Crippen LogP contribution is 2.22. The van der Waals surface area contributed by atoms with Crippen LogP contribution in [0.5, 0.6) is 5.88 Å². The molecule has 1 heterocycles. The number of ether oxygens (including phenoxy) is 1. The molecule has 98 valence electrons. The molecule has 6 nitrogen and oxygen atoms in total. The van der Waals surface area contributed by atoms with Gasteiger partial charge in [0.05, 0.1) is 17.7 Å². The van der Waals surface area contributed by atoms with Crippen LogP contribution >= 0.6 is 11.6 Å². The Morgan fingerprint density at radius 1 is 1.42 bits per heavy atom. The number of carboxylic acid groups (broad SMARTS) is 1. The maximum atomic E-state index is 11.0. The summed E-state index contributed by atoms with van der Waals surface area (Å²) in [6.07, 6.45) is 1.53. The first-order valence-corrected chi connectivity index (χ1v) is 5.65. The summed E-state index contributed by atoms with van der Waals surface area (Å²) in [6, 6.07) is 6.15. The van der Waals surface area contributed by atoms with Crippen LogP contribution in [0.3, 0.4) is 0 Å². The molecule has 0 aliphatic carbocycles. The zero-order chi connectivity index (χ0) is 13.8. The van der Waals surface area contributed by atoms with Crippen molar-refractivity contribution in [2.45, 2.75) is 0 Å². The standard InChI is InChI=1S/C12H10ClN3O3/c1-19-10-4-5-14-12(16-10)15-7-2-3-9(13)8(6-7)11(17)18/h2-6H,1H3,(H,17,18)(H,14,15,16). The van der Waals surface area contributed by atoms with Crippen LogP contribution in [-0.2, 0) is 0 Å². The largest absolute Gasteiger partial charge is 0.481 e. The highest BCUT2D eigenvalue weighted by Gasteiger charge is 2.10. The fourth-order valence-corrected chi connectivity index (χ4v) is 1.61. The predicted molar refractivity (Wildman–Crippen MR) is 70.3 cm³/mol. The first kappa shape index (κ1) is 13.1. The number of hydrogen-bond donors (Lipinski definition) is 2. The molecule has 0 unspecified atom stereocenters. The van der Waals surface area contributed by atoms with Gasteiger partial charge in [0.2, 0.25) is 11.8 Å². The van der Waals surface area contributed by atoms with Crippen molar-refractivity contribution < 1.29 is 14.6 Å². The van der Waals surface area contributed by atoms with Gasteiger partial charge >= 0.3 is 5.97 Å². The van der Waals surface area contributed by atoms with Gasteiger partial charge in [0.15, 0.2) is 0 Å². The molecule has 0 amide bonds. The van der Waals surface area contributed by atoms with E-state index in [2.05, 4.69) is 15.3 Å². The van der Waals surface area contributed by atoms with Gasteiger partial charge in [0.1, 0.15) is 0 Å². The molecule has 2 N–H and O–H groups in total. The van der Waals surface area contributed by atoms with E-state index in [0.29, 0.717) is 17.5 Å². The third-order valence-corrected chi connectivity index (χ3v) is 2.62. The summed E-state index contributed by atoms with van der Waals surface area (Å²) < 4.78 is 4.97. The van der Waals surface area contributed by atoms with Gasteiger partial charge in [-0.3, -0.25) is 0 Å². The molecule has 0 fully saturated rings. The first-order chi connectivity index (χ1) is 9.10. The van der Waals surface area contributed by atoms with Crippen molar-refractivity contribution in [3.8, 4) is 5.88 Å². The summed E-state index contributed by atoms with van der Waals surface area (Å²) in [5.74, 6) is -0.386. The van der Waals surface area contributed by atoms with Crippen molar-refractivity contribution in [2.75, 3.05) is 12.4 Å². The number of aromatic nitrogens is 2. The van der Waals surface area contributed by atoms with Gasteiger partial charge in [-0.2, -0.15) is 4.98 Å². The van der Waals surface area contributed by atoms with E-state index < -0.39 is 5.97 Å². The molecular weight excluding hydrogens is 270 g/mol. The number of halogens is 1. The van der Waals surface area contributed by atoms with Crippen LogP contribution in [-0.4, -0.2) is 28.2 Å². The average Bonchev–Trinajstić information content (AvgIpc) is 2.41. The van der Waals surface area contributed by atoms with E-state index in [1.165, 1.54) is 25.4 Å². The van der Waals surface area contributed by atoms with E-state index in [4.69, 9.17) is 21.4 Å². The molecule has 0 aliphatic rings. The van der Waals surface area contributed by atoms with Crippen LogP contribution in [0.1, 0.15) is 10.4 Å². The molecule has 0 bridgehead atoms. The smallest absolute Gasteiger partial charge is 0.337 e. The summed E-state index contributed by atoms with van der Waals surface area (Å²) in [4.78, 5) is 19.0. The Morgan fingerprint density at radius 3 is 2.89 bits per heavy atom. The molecule has 2 aromatic rings. The molecule has 0 aliphatic heterocycles. The number of carbonyl (C=O) groups is 1. The number of methoxy groups -OCH3 is 1. The second-order valence-corrected chi connectivity index (χ2v) is 3.95. The number of nitrogens with one attached hydrogen (secondary N) is 1. The van der Waals surface area contributed by atoms with Crippen LogP contribution in [0.4, 0.5) is 11.6 Å². The third-order valence-electron chi connectivity index (χ3n) is 2.29. The highest BCUT2D eigenvalue weighted by atomic mass is 35.5. The molecular formula is C12H10ClN3O3. The highest BCUT2D eigenvalue weighted by molar-refractivity contribution is 6.33. The van der Waals surface area contributed by atoms with E-state index in [-0.39, 0.29) is 10.6 Å². The number of anilines is 2.